The molecule has 0 bridgehead atoms. The highest BCUT2D eigenvalue weighted by Gasteiger charge is 2.30. The van der Waals surface area contributed by atoms with E-state index in [9.17, 15) is 14.7 Å². The molecule has 3 rings (SSSR count). The number of carbonyl (C=O) groups is 1. The Morgan fingerprint density at radius 3 is 2.67 bits per heavy atom. The first kappa shape index (κ1) is 18.9. The second kappa shape index (κ2) is 6.71. The monoisotopic (exact) mass is 374 g/mol. The van der Waals surface area contributed by atoms with E-state index in [1.165, 1.54) is 9.08 Å². The largest absolute Gasteiger partial charge is 0.492 e. The normalized spacial score (nSPS) is 14.9. The Labute approximate surface area is 157 Å². The molecule has 0 spiro atoms. The quantitative estimate of drug-likeness (QED) is 0.607. The van der Waals surface area contributed by atoms with Crippen LogP contribution in [0, 0.1) is 5.41 Å². The Morgan fingerprint density at radius 2 is 2.11 bits per heavy atom. The van der Waals surface area contributed by atoms with Gasteiger partial charge in [-0.3, -0.25) is 14.2 Å². The number of nitrogens with one attached hydrogen (secondary N) is 1. The Balaban J connectivity index is 2.20. The number of hydrogen-bond acceptors (Lipinski definition) is 5. The van der Waals surface area contributed by atoms with Crippen molar-refractivity contribution in [3.05, 3.63) is 22.0 Å². The first-order valence-corrected chi connectivity index (χ1v) is 8.94. The van der Waals surface area contributed by atoms with Crippen molar-refractivity contribution in [3.8, 4) is 5.88 Å². The third kappa shape index (κ3) is 4.12. The third-order valence-corrected chi connectivity index (χ3v) is 4.03. The second-order valence-corrected chi connectivity index (χ2v) is 8.38. The van der Waals surface area contributed by atoms with E-state index in [1.54, 1.807) is 17.3 Å². The molecule has 1 saturated carbocycles. The highest BCUT2D eigenvalue weighted by Crippen LogP contribution is 2.25. The number of nitrogens with zero attached hydrogens (tertiary/aromatic N) is 5. The van der Waals surface area contributed by atoms with Gasteiger partial charge in [-0.1, -0.05) is 20.8 Å². The van der Waals surface area contributed by atoms with Crippen molar-refractivity contribution in [2.45, 2.75) is 46.2 Å². The summed E-state index contributed by atoms with van der Waals surface area (Å²) in [6, 6.07) is 1.69. The van der Waals surface area contributed by atoms with Crippen LogP contribution in [0.2, 0.25) is 0 Å². The van der Waals surface area contributed by atoms with Crippen LogP contribution in [-0.2, 0) is 6.54 Å². The zero-order valence-electron chi connectivity index (χ0n) is 16.4. The summed E-state index contributed by atoms with van der Waals surface area (Å²) in [7, 11) is 3.65. The second-order valence-electron chi connectivity index (χ2n) is 8.38. The molecule has 27 heavy (non-hydrogen) atoms. The zero-order chi connectivity index (χ0) is 19.9. The van der Waals surface area contributed by atoms with Gasteiger partial charge in [0.05, 0.1) is 6.34 Å². The summed E-state index contributed by atoms with van der Waals surface area (Å²) in [6.07, 6.45) is 3.35. The molecular formula is C18H26N6O3. The van der Waals surface area contributed by atoms with E-state index in [2.05, 4.69) is 15.4 Å². The van der Waals surface area contributed by atoms with E-state index in [4.69, 9.17) is 0 Å². The molecule has 1 aliphatic carbocycles. The number of aliphatic imine (C=N–C) groups is 1. The SMILES string of the molecule is CN(C)/C=N/c1cc2n(CC(C)(C)C)c(=O)c(C(=O)NC3CC3)c(O)n2n1. The molecular weight excluding hydrogens is 348 g/mol. The Morgan fingerprint density at radius 1 is 1.44 bits per heavy atom. The van der Waals surface area contributed by atoms with Crippen LogP contribution in [0.4, 0.5) is 5.82 Å². The molecule has 0 radical (unpaired) electrons. The highest BCUT2D eigenvalue weighted by molar-refractivity contribution is 5.96. The molecule has 2 heterocycles. The minimum Gasteiger partial charge on any atom is -0.492 e. The lowest BCUT2D eigenvalue weighted by molar-refractivity contribution is 0.0944. The van der Waals surface area contributed by atoms with Crippen LogP contribution in [0.15, 0.2) is 15.9 Å². The maximum Gasteiger partial charge on any atom is 0.270 e. The molecule has 9 nitrogen and oxygen atoms in total. The molecule has 1 fully saturated rings. The van der Waals surface area contributed by atoms with Gasteiger partial charge in [0.2, 0.25) is 5.88 Å². The number of rotatable bonds is 5. The van der Waals surface area contributed by atoms with Crippen LogP contribution in [-0.4, -0.2) is 56.6 Å². The average Bonchev–Trinajstić information content (AvgIpc) is 3.24. The molecule has 0 unspecified atom stereocenters. The minimum absolute atomic E-state index is 0.0703. The van der Waals surface area contributed by atoms with Crippen molar-refractivity contribution >= 4 is 23.7 Å². The first-order valence-electron chi connectivity index (χ1n) is 8.94. The molecule has 2 aromatic rings. The van der Waals surface area contributed by atoms with Crippen LogP contribution < -0.4 is 10.9 Å². The third-order valence-electron chi connectivity index (χ3n) is 4.03. The van der Waals surface area contributed by atoms with E-state index in [-0.39, 0.29) is 17.0 Å². The summed E-state index contributed by atoms with van der Waals surface area (Å²) < 4.78 is 2.68. The fourth-order valence-electron chi connectivity index (χ4n) is 2.70. The summed E-state index contributed by atoms with van der Waals surface area (Å²) >= 11 is 0. The van der Waals surface area contributed by atoms with Gasteiger partial charge in [0.1, 0.15) is 5.65 Å². The summed E-state index contributed by atoms with van der Waals surface area (Å²) in [5.74, 6) is -0.705. The van der Waals surface area contributed by atoms with Gasteiger partial charge in [0.25, 0.3) is 11.5 Å². The van der Waals surface area contributed by atoms with Crippen molar-refractivity contribution in [2.24, 2.45) is 10.4 Å². The lowest BCUT2D eigenvalue weighted by Gasteiger charge is -2.21. The summed E-state index contributed by atoms with van der Waals surface area (Å²) in [5.41, 5.74) is -0.648. The molecule has 2 aromatic heterocycles. The van der Waals surface area contributed by atoms with Crippen molar-refractivity contribution in [2.75, 3.05) is 14.1 Å². The summed E-state index contributed by atoms with van der Waals surface area (Å²) in [4.78, 5) is 31.6. The molecule has 2 N–H and O–H groups in total. The highest BCUT2D eigenvalue weighted by atomic mass is 16.3. The lowest BCUT2D eigenvalue weighted by Crippen LogP contribution is -2.37. The molecule has 1 aliphatic rings. The Kier molecular flexibility index (Phi) is 4.71. The molecule has 1 amide bonds. The van der Waals surface area contributed by atoms with Gasteiger partial charge < -0.3 is 15.3 Å². The van der Waals surface area contributed by atoms with Crippen molar-refractivity contribution in [1.29, 1.82) is 0 Å². The van der Waals surface area contributed by atoms with E-state index in [1.807, 2.05) is 34.9 Å². The van der Waals surface area contributed by atoms with Crippen molar-refractivity contribution in [3.63, 3.8) is 0 Å². The lowest BCUT2D eigenvalue weighted by atomic mass is 9.97. The number of hydrogen-bond donors (Lipinski definition) is 2. The summed E-state index contributed by atoms with van der Waals surface area (Å²) in [6.45, 7) is 6.35. The van der Waals surface area contributed by atoms with E-state index < -0.39 is 17.3 Å². The van der Waals surface area contributed by atoms with Crippen molar-refractivity contribution in [1.82, 2.24) is 24.4 Å². The number of amides is 1. The van der Waals surface area contributed by atoms with Gasteiger partial charge in [-0.05, 0) is 18.3 Å². The van der Waals surface area contributed by atoms with E-state index in [0.29, 0.717) is 18.0 Å². The van der Waals surface area contributed by atoms with Gasteiger partial charge in [-0.2, -0.15) is 4.52 Å². The minimum atomic E-state index is -0.571. The van der Waals surface area contributed by atoms with Crippen molar-refractivity contribution < 1.29 is 9.90 Å². The fraction of sp³-hybridized carbons (Fsp3) is 0.556. The average molecular weight is 374 g/mol. The first-order chi connectivity index (χ1) is 12.6. The maximum absolute atomic E-state index is 13.1. The molecule has 0 aromatic carbocycles. The zero-order valence-corrected chi connectivity index (χ0v) is 16.4. The molecule has 0 aliphatic heterocycles. The molecule has 9 heteroatoms. The number of fused-ring (bicyclic) bond motifs is 1. The topological polar surface area (TPSA) is 104 Å². The predicted octanol–water partition coefficient (Wildman–Crippen LogP) is 1.36. The van der Waals surface area contributed by atoms with E-state index >= 15 is 0 Å². The van der Waals surface area contributed by atoms with Gasteiger partial charge in [-0.25, -0.2) is 4.99 Å². The molecule has 0 saturated heterocycles. The van der Waals surface area contributed by atoms with Gasteiger partial charge in [0, 0.05) is 32.7 Å². The Hall–Kier alpha value is -2.84. The van der Waals surface area contributed by atoms with Gasteiger partial charge >= 0.3 is 0 Å². The number of aromatic hydroxyl groups is 1. The van der Waals surface area contributed by atoms with Crippen LogP contribution in [0.3, 0.4) is 0 Å². The van der Waals surface area contributed by atoms with Gasteiger partial charge in [0.15, 0.2) is 11.4 Å². The molecule has 146 valence electrons. The predicted molar refractivity (Wildman–Crippen MR) is 103 cm³/mol. The van der Waals surface area contributed by atoms with E-state index in [0.717, 1.165) is 12.8 Å². The maximum atomic E-state index is 13.1. The standard InChI is InChI=1S/C18H26N6O3/c1-18(2,3)9-23-13-8-12(19-10-22(4)5)21-24(13)17(27)14(16(23)26)15(25)20-11-6-7-11/h8,10-11,27H,6-7,9H2,1-5H3,(H,20,25)/b19-10+. The van der Waals surface area contributed by atoms with Crippen LogP contribution >= 0.6 is 0 Å². The fourth-order valence-corrected chi connectivity index (χ4v) is 2.70. The smallest absolute Gasteiger partial charge is 0.270 e. The van der Waals surface area contributed by atoms with Crippen LogP contribution in [0.1, 0.15) is 44.0 Å². The number of carbonyl (C=O) groups excluding carboxylic acids is 1. The molecule has 0 atom stereocenters. The number of aromatic nitrogens is 3. The van der Waals surface area contributed by atoms with Crippen LogP contribution in [0.5, 0.6) is 5.88 Å². The van der Waals surface area contributed by atoms with Gasteiger partial charge in [-0.15, -0.1) is 5.10 Å². The Bertz CT molecular complexity index is 960. The van der Waals surface area contributed by atoms with Crippen LogP contribution in [0.25, 0.3) is 5.65 Å². The summed E-state index contributed by atoms with van der Waals surface area (Å²) in [5, 5.41) is 17.6.